The Balaban J connectivity index is 1.66. The summed E-state index contributed by atoms with van der Waals surface area (Å²) in [6, 6.07) is 2.58. The summed E-state index contributed by atoms with van der Waals surface area (Å²) < 4.78 is 5.87. The maximum Gasteiger partial charge on any atom is 0.309 e. The van der Waals surface area contributed by atoms with E-state index in [2.05, 4.69) is 19.9 Å². The number of unbranched alkanes of at least 4 members (excludes halogenated alkanes) is 4. The summed E-state index contributed by atoms with van der Waals surface area (Å²) in [7, 11) is 0. The molecule has 2 aliphatic carbocycles. The van der Waals surface area contributed by atoms with Gasteiger partial charge in [-0.25, -0.2) is 0 Å². The zero-order valence-electron chi connectivity index (χ0n) is 17.8. The third kappa shape index (κ3) is 7.13. The van der Waals surface area contributed by atoms with E-state index in [-0.39, 0.29) is 23.4 Å². The van der Waals surface area contributed by atoms with Crippen molar-refractivity contribution in [1.82, 2.24) is 0 Å². The minimum absolute atomic E-state index is 0.0439. The SMILES string of the molecule is CCCCCCC1CCC(C(=O)OC2CCC(C#N)(CCCC)CC2)CC1. The second-order valence-electron chi connectivity index (χ2n) is 9.20. The Morgan fingerprint density at radius 3 is 2.22 bits per heavy atom. The molecule has 2 fully saturated rings. The Labute approximate surface area is 167 Å². The molecule has 0 aromatic heterocycles. The van der Waals surface area contributed by atoms with Crippen molar-refractivity contribution in [2.24, 2.45) is 17.3 Å². The highest BCUT2D eigenvalue weighted by atomic mass is 16.5. The molecule has 0 amide bonds. The predicted octanol–water partition coefficient (Wildman–Crippen LogP) is 6.95. The lowest BCUT2D eigenvalue weighted by Crippen LogP contribution is -2.33. The Kier molecular flexibility index (Phi) is 9.66. The van der Waals surface area contributed by atoms with Gasteiger partial charge < -0.3 is 4.74 Å². The third-order valence-corrected chi connectivity index (χ3v) is 7.06. The molecule has 0 saturated heterocycles. The average molecular weight is 376 g/mol. The largest absolute Gasteiger partial charge is 0.462 e. The third-order valence-electron chi connectivity index (χ3n) is 7.06. The highest BCUT2D eigenvalue weighted by Gasteiger charge is 2.37. The molecular weight excluding hydrogens is 334 g/mol. The van der Waals surface area contributed by atoms with Crippen molar-refractivity contribution >= 4 is 5.97 Å². The van der Waals surface area contributed by atoms with Gasteiger partial charge in [-0.05, 0) is 63.7 Å². The Morgan fingerprint density at radius 2 is 1.63 bits per heavy atom. The smallest absolute Gasteiger partial charge is 0.309 e. The first kappa shape index (κ1) is 22.3. The Morgan fingerprint density at radius 1 is 0.963 bits per heavy atom. The van der Waals surface area contributed by atoms with Gasteiger partial charge in [0.05, 0.1) is 17.4 Å². The lowest BCUT2D eigenvalue weighted by molar-refractivity contribution is -0.158. The average Bonchev–Trinajstić information content (AvgIpc) is 2.71. The molecule has 0 aromatic carbocycles. The van der Waals surface area contributed by atoms with Crippen molar-refractivity contribution in [3.63, 3.8) is 0 Å². The molecule has 3 heteroatoms. The molecule has 0 aromatic rings. The van der Waals surface area contributed by atoms with E-state index in [0.29, 0.717) is 0 Å². The molecule has 0 unspecified atom stereocenters. The van der Waals surface area contributed by atoms with Crippen LogP contribution in [0.3, 0.4) is 0 Å². The van der Waals surface area contributed by atoms with Crippen molar-refractivity contribution in [2.45, 2.75) is 123 Å². The summed E-state index contributed by atoms with van der Waals surface area (Å²) in [4.78, 5) is 12.6. The van der Waals surface area contributed by atoms with Crippen LogP contribution in [0.4, 0.5) is 0 Å². The maximum absolute atomic E-state index is 12.6. The van der Waals surface area contributed by atoms with Crippen LogP contribution < -0.4 is 0 Å². The molecule has 0 bridgehead atoms. The van der Waals surface area contributed by atoms with E-state index in [0.717, 1.165) is 63.7 Å². The second-order valence-corrected chi connectivity index (χ2v) is 9.20. The van der Waals surface area contributed by atoms with Crippen LogP contribution in [0, 0.1) is 28.6 Å². The monoisotopic (exact) mass is 375 g/mol. The molecule has 2 rings (SSSR count). The van der Waals surface area contributed by atoms with Gasteiger partial charge in [0.2, 0.25) is 0 Å². The highest BCUT2D eigenvalue weighted by molar-refractivity contribution is 5.72. The molecule has 2 saturated carbocycles. The summed E-state index contributed by atoms with van der Waals surface area (Å²) in [5, 5.41) is 9.60. The van der Waals surface area contributed by atoms with Crippen LogP contribution in [-0.2, 0) is 9.53 Å². The fraction of sp³-hybridized carbons (Fsp3) is 0.917. The van der Waals surface area contributed by atoms with Gasteiger partial charge in [0.15, 0.2) is 0 Å². The van der Waals surface area contributed by atoms with Gasteiger partial charge in [0, 0.05) is 0 Å². The first-order chi connectivity index (χ1) is 13.1. The van der Waals surface area contributed by atoms with Crippen LogP contribution in [-0.4, -0.2) is 12.1 Å². The van der Waals surface area contributed by atoms with Gasteiger partial charge in [-0.15, -0.1) is 0 Å². The fourth-order valence-corrected chi connectivity index (χ4v) is 5.00. The van der Waals surface area contributed by atoms with E-state index in [4.69, 9.17) is 4.74 Å². The summed E-state index contributed by atoms with van der Waals surface area (Å²) in [6.45, 7) is 4.44. The van der Waals surface area contributed by atoms with E-state index in [1.54, 1.807) is 0 Å². The minimum Gasteiger partial charge on any atom is -0.462 e. The fourth-order valence-electron chi connectivity index (χ4n) is 5.00. The maximum atomic E-state index is 12.6. The molecule has 0 atom stereocenters. The predicted molar refractivity (Wildman–Crippen MR) is 110 cm³/mol. The topological polar surface area (TPSA) is 50.1 Å². The van der Waals surface area contributed by atoms with E-state index >= 15 is 0 Å². The first-order valence-electron chi connectivity index (χ1n) is 11.7. The highest BCUT2D eigenvalue weighted by Crippen LogP contribution is 2.41. The molecule has 2 aliphatic rings. The van der Waals surface area contributed by atoms with E-state index < -0.39 is 0 Å². The van der Waals surface area contributed by atoms with Crippen LogP contribution in [0.5, 0.6) is 0 Å². The van der Waals surface area contributed by atoms with Gasteiger partial charge in [0.1, 0.15) is 6.10 Å². The van der Waals surface area contributed by atoms with Crippen molar-refractivity contribution < 1.29 is 9.53 Å². The van der Waals surface area contributed by atoms with Crippen molar-refractivity contribution in [2.75, 3.05) is 0 Å². The molecule has 0 spiro atoms. The van der Waals surface area contributed by atoms with Crippen molar-refractivity contribution in [3.8, 4) is 6.07 Å². The van der Waals surface area contributed by atoms with Crippen LogP contribution in [0.1, 0.15) is 117 Å². The number of esters is 1. The lowest BCUT2D eigenvalue weighted by atomic mass is 9.71. The van der Waals surface area contributed by atoms with Gasteiger partial charge in [-0.1, -0.05) is 58.8 Å². The quantitative estimate of drug-likeness (QED) is 0.306. The van der Waals surface area contributed by atoms with E-state index in [9.17, 15) is 10.1 Å². The van der Waals surface area contributed by atoms with Gasteiger partial charge in [-0.3, -0.25) is 4.79 Å². The molecular formula is C24H41NO2. The van der Waals surface area contributed by atoms with Crippen LogP contribution >= 0.6 is 0 Å². The zero-order chi connectivity index (χ0) is 19.5. The first-order valence-corrected chi connectivity index (χ1v) is 11.7. The molecule has 27 heavy (non-hydrogen) atoms. The number of hydrogen-bond donors (Lipinski definition) is 0. The van der Waals surface area contributed by atoms with E-state index in [1.807, 2.05) is 0 Å². The number of carbonyl (C=O) groups is 1. The van der Waals surface area contributed by atoms with Crippen LogP contribution in [0.15, 0.2) is 0 Å². The normalized spacial score (nSPS) is 31.2. The van der Waals surface area contributed by atoms with Crippen LogP contribution in [0.2, 0.25) is 0 Å². The summed E-state index contributed by atoms with van der Waals surface area (Å²) in [5.41, 5.74) is -0.158. The zero-order valence-corrected chi connectivity index (χ0v) is 17.8. The molecule has 0 aliphatic heterocycles. The summed E-state index contributed by atoms with van der Waals surface area (Å²) in [6.07, 6.45) is 18.0. The molecule has 0 heterocycles. The minimum atomic E-state index is -0.158. The Hall–Kier alpha value is -1.04. The number of nitrogens with zero attached hydrogens (tertiary/aromatic N) is 1. The number of hydrogen-bond acceptors (Lipinski definition) is 3. The van der Waals surface area contributed by atoms with E-state index in [1.165, 1.54) is 44.9 Å². The van der Waals surface area contributed by atoms with Crippen molar-refractivity contribution in [3.05, 3.63) is 0 Å². The molecule has 3 nitrogen and oxygen atoms in total. The molecule has 154 valence electrons. The number of ether oxygens (including phenoxy) is 1. The van der Waals surface area contributed by atoms with Gasteiger partial charge >= 0.3 is 5.97 Å². The number of rotatable bonds is 10. The molecule has 0 N–H and O–H groups in total. The number of carbonyl (C=O) groups excluding carboxylic acids is 1. The second kappa shape index (κ2) is 11.7. The lowest BCUT2D eigenvalue weighted by Gasteiger charge is -2.35. The van der Waals surface area contributed by atoms with Gasteiger partial charge in [0.25, 0.3) is 0 Å². The summed E-state index contributed by atoms with van der Waals surface area (Å²) in [5.74, 6) is 0.998. The van der Waals surface area contributed by atoms with Crippen molar-refractivity contribution in [1.29, 1.82) is 5.26 Å². The summed E-state index contributed by atoms with van der Waals surface area (Å²) >= 11 is 0. The Bertz CT molecular complexity index is 465. The number of nitriles is 1. The standard InChI is InChI=1S/C24H41NO2/c1-3-5-7-8-9-20-10-12-21(13-11-20)23(26)27-22-14-17-24(19-25,18-15-22)16-6-4-2/h20-22H,3-18H2,1-2H3. The van der Waals surface area contributed by atoms with Crippen LogP contribution in [0.25, 0.3) is 0 Å². The van der Waals surface area contributed by atoms with Gasteiger partial charge in [-0.2, -0.15) is 5.26 Å². The molecule has 0 radical (unpaired) electrons.